The Morgan fingerprint density at radius 1 is 1.15 bits per heavy atom. The fourth-order valence-electron chi connectivity index (χ4n) is 2.02. The summed E-state index contributed by atoms with van der Waals surface area (Å²) in [4.78, 5) is 10.4. The number of benzene rings is 1. The maximum absolute atomic E-state index is 10.4. The molecule has 0 amide bonds. The molecular weight excluding hydrogens is 272 g/mol. The molecule has 5 heteroatoms. The second kappa shape index (κ2) is 6.16. The average molecular weight is 298 g/mol. The first-order valence-electron chi connectivity index (χ1n) is 6.73. The summed E-state index contributed by atoms with van der Waals surface area (Å²) in [5.41, 5.74) is 1.74. The molecule has 1 rings (SSSR count). The third kappa shape index (κ3) is 3.53. The summed E-state index contributed by atoms with van der Waals surface area (Å²) in [5, 5.41) is 9.16. The molecule has 114 valence electrons. The third-order valence-corrected chi connectivity index (χ3v) is 7.58. The van der Waals surface area contributed by atoms with Gasteiger partial charge in [0.05, 0.1) is 20.8 Å². The predicted molar refractivity (Wildman–Crippen MR) is 82.9 cm³/mol. The van der Waals surface area contributed by atoms with Crippen LogP contribution in [-0.2, 0) is 13.0 Å². The highest BCUT2D eigenvalue weighted by Gasteiger charge is 2.38. The van der Waals surface area contributed by atoms with Crippen LogP contribution in [0.4, 0.5) is 0 Å². The van der Waals surface area contributed by atoms with Crippen molar-refractivity contribution < 1.29 is 19.4 Å². The minimum absolute atomic E-state index is 0.0479. The number of methoxy groups -OCH3 is 2. The molecular formula is C15H26O4Si. The molecule has 0 radical (unpaired) electrons. The molecule has 0 saturated carbocycles. The number of aliphatic hydroxyl groups is 1. The number of aliphatic hydroxyl groups excluding tert-OH is 1. The van der Waals surface area contributed by atoms with Crippen LogP contribution in [0.2, 0.25) is 18.1 Å². The van der Waals surface area contributed by atoms with Crippen molar-refractivity contribution in [3.8, 4) is 11.5 Å². The van der Waals surface area contributed by atoms with Gasteiger partial charge < -0.3 is 19.4 Å². The van der Waals surface area contributed by atoms with Crippen LogP contribution in [0.1, 0.15) is 25.0 Å². The van der Waals surface area contributed by atoms with E-state index in [-0.39, 0.29) is 11.6 Å². The highest BCUT2D eigenvalue weighted by atomic mass is 28.4. The van der Waals surface area contributed by atoms with Crippen molar-refractivity contribution in [1.82, 2.24) is 0 Å². The molecule has 0 saturated heterocycles. The van der Waals surface area contributed by atoms with Crippen LogP contribution in [0.5, 0.6) is 11.5 Å². The zero-order valence-corrected chi connectivity index (χ0v) is 14.3. The zero-order valence-electron chi connectivity index (χ0n) is 13.3. The van der Waals surface area contributed by atoms with Gasteiger partial charge in [-0.1, -0.05) is 13.8 Å². The first-order chi connectivity index (χ1) is 9.16. The number of ether oxygens (including phenoxy) is 2. The first kappa shape index (κ1) is 17.0. The van der Waals surface area contributed by atoms with Crippen molar-refractivity contribution in [2.24, 2.45) is 0 Å². The first-order valence-corrected chi connectivity index (χ1v) is 9.68. The van der Waals surface area contributed by atoms with E-state index in [1.54, 1.807) is 20.3 Å². The van der Waals surface area contributed by atoms with Crippen LogP contribution < -0.4 is 9.47 Å². The summed E-state index contributed by atoms with van der Waals surface area (Å²) in [5.74, 6) is 1.29. The van der Waals surface area contributed by atoms with Gasteiger partial charge in [-0.2, -0.15) is 0 Å². The van der Waals surface area contributed by atoms with Gasteiger partial charge in [-0.3, -0.25) is 0 Å². The van der Waals surface area contributed by atoms with E-state index in [0.29, 0.717) is 17.9 Å². The van der Waals surface area contributed by atoms with Crippen molar-refractivity contribution in [2.45, 2.75) is 45.0 Å². The number of hydrogen-bond acceptors (Lipinski definition) is 4. The lowest BCUT2D eigenvalue weighted by Gasteiger charge is -2.35. The maximum Gasteiger partial charge on any atom is 0.188 e. The molecule has 0 fully saturated rings. The standard InChI is InChI=1S/C15H26O4Si/c1-15(2,20(5,6)17)9-12-7-11(10-16)8-13(18-3)14(12)19-4/h7-8,16-17H,9-10H2,1-6H3. The molecule has 20 heavy (non-hydrogen) atoms. The zero-order chi connectivity index (χ0) is 15.6. The molecule has 1 aromatic rings. The maximum atomic E-state index is 10.4. The van der Waals surface area contributed by atoms with Gasteiger partial charge in [-0.05, 0) is 47.8 Å². The van der Waals surface area contributed by atoms with E-state index < -0.39 is 8.32 Å². The van der Waals surface area contributed by atoms with Crippen molar-refractivity contribution in [1.29, 1.82) is 0 Å². The Kier molecular flexibility index (Phi) is 5.24. The van der Waals surface area contributed by atoms with Gasteiger partial charge >= 0.3 is 0 Å². The molecule has 4 nitrogen and oxygen atoms in total. The molecule has 0 unspecified atom stereocenters. The summed E-state index contributed by atoms with van der Waals surface area (Å²) in [6.07, 6.45) is 0.677. The largest absolute Gasteiger partial charge is 0.493 e. The van der Waals surface area contributed by atoms with Crippen molar-refractivity contribution in [2.75, 3.05) is 14.2 Å². The smallest absolute Gasteiger partial charge is 0.188 e. The summed E-state index contributed by atoms with van der Waals surface area (Å²) in [7, 11) is 0.870. The lowest BCUT2D eigenvalue weighted by Crippen LogP contribution is -2.40. The van der Waals surface area contributed by atoms with Gasteiger partial charge in [0, 0.05) is 0 Å². The SMILES string of the molecule is COc1cc(CO)cc(CC(C)(C)[Si](C)(C)O)c1OC. The van der Waals surface area contributed by atoms with Gasteiger partial charge in [-0.15, -0.1) is 0 Å². The monoisotopic (exact) mass is 298 g/mol. The molecule has 2 N–H and O–H groups in total. The molecule has 0 aliphatic carbocycles. The Balaban J connectivity index is 3.29. The second-order valence-electron chi connectivity index (χ2n) is 6.27. The van der Waals surface area contributed by atoms with Gasteiger partial charge in [0.2, 0.25) is 0 Å². The van der Waals surface area contributed by atoms with Crippen LogP contribution in [0.25, 0.3) is 0 Å². The van der Waals surface area contributed by atoms with E-state index in [4.69, 9.17) is 9.47 Å². The van der Waals surface area contributed by atoms with Crippen molar-refractivity contribution in [3.63, 3.8) is 0 Å². The fraction of sp³-hybridized carbons (Fsp3) is 0.600. The van der Waals surface area contributed by atoms with Gasteiger partial charge in [0.15, 0.2) is 19.8 Å². The van der Waals surface area contributed by atoms with Gasteiger partial charge in [-0.25, -0.2) is 0 Å². The summed E-state index contributed by atoms with van der Waals surface area (Å²) >= 11 is 0. The Morgan fingerprint density at radius 3 is 2.15 bits per heavy atom. The quantitative estimate of drug-likeness (QED) is 0.793. The lowest BCUT2D eigenvalue weighted by molar-refractivity contribution is 0.279. The van der Waals surface area contributed by atoms with Gasteiger partial charge in [0.25, 0.3) is 0 Å². The van der Waals surface area contributed by atoms with E-state index >= 15 is 0 Å². The fourth-order valence-corrected chi connectivity index (χ4v) is 2.64. The number of rotatable bonds is 6. The van der Waals surface area contributed by atoms with E-state index in [0.717, 1.165) is 11.1 Å². The molecule has 0 heterocycles. The average Bonchev–Trinajstić information content (AvgIpc) is 2.35. The lowest BCUT2D eigenvalue weighted by atomic mass is 9.98. The topological polar surface area (TPSA) is 58.9 Å². The highest BCUT2D eigenvalue weighted by molar-refractivity contribution is 6.72. The normalized spacial score (nSPS) is 12.4. The molecule has 0 aliphatic rings. The van der Waals surface area contributed by atoms with E-state index in [1.807, 2.05) is 19.2 Å². The van der Waals surface area contributed by atoms with Gasteiger partial charge in [0.1, 0.15) is 0 Å². The molecule has 0 aromatic heterocycles. The van der Waals surface area contributed by atoms with Crippen LogP contribution in [0, 0.1) is 0 Å². The van der Waals surface area contributed by atoms with Crippen LogP contribution in [-0.4, -0.2) is 32.4 Å². The van der Waals surface area contributed by atoms with E-state index in [1.165, 1.54) is 0 Å². The van der Waals surface area contributed by atoms with E-state index in [9.17, 15) is 9.90 Å². The summed E-state index contributed by atoms with van der Waals surface area (Å²) in [6, 6.07) is 3.69. The molecule has 0 aliphatic heterocycles. The van der Waals surface area contributed by atoms with Crippen LogP contribution in [0.15, 0.2) is 12.1 Å². The van der Waals surface area contributed by atoms with Crippen LogP contribution in [0.3, 0.4) is 0 Å². The molecule has 1 aromatic carbocycles. The Morgan fingerprint density at radius 2 is 1.75 bits per heavy atom. The van der Waals surface area contributed by atoms with Crippen molar-refractivity contribution >= 4 is 8.32 Å². The van der Waals surface area contributed by atoms with Crippen LogP contribution >= 0.6 is 0 Å². The Labute approximate surface area is 122 Å². The minimum Gasteiger partial charge on any atom is -0.493 e. The van der Waals surface area contributed by atoms with E-state index in [2.05, 4.69) is 13.8 Å². The molecule has 0 bridgehead atoms. The third-order valence-electron chi connectivity index (χ3n) is 4.09. The Hall–Kier alpha value is -1.04. The predicted octanol–water partition coefficient (Wildman–Crippen LogP) is 2.72. The summed E-state index contributed by atoms with van der Waals surface area (Å²) < 4.78 is 10.8. The minimum atomic E-state index is -2.32. The molecule has 0 spiro atoms. The second-order valence-corrected chi connectivity index (χ2v) is 10.7. The van der Waals surface area contributed by atoms with Crippen molar-refractivity contribution in [3.05, 3.63) is 23.3 Å². The summed E-state index contributed by atoms with van der Waals surface area (Å²) in [6.45, 7) is 7.96. The number of hydrogen-bond donors (Lipinski definition) is 2. The highest BCUT2D eigenvalue weighted by Crippen LogP contribution is 2.43. The molecule has 0 atom stereocenters. The Bertz CT molecular complexity index is 464.